The third kappa shape index (κ3) is 3.62. The largest absolute Gasteiger partial charge is 0.497 e. The fraction of sp³-hybridized carbons (Fsp3) is 0.400. The van der Waals surface area contributed by atoms with Crippen molar-refractivity contribution < 1.29 is 9.53 Å². The average molecular weight is 247 g/mol. The number of nitrogens with one attached hydrogen (secondary N) is 1. The molecule has 0 aliphatic carbocycles. The molecule has 0 heterocycles. The van der Waals surface area contributed by atoms with E-state index in [2.05, 4.69) is 12.2 Å². The molecule has 0 atom stereocenters. The number of aryl methyl sites for hydroxylation is 1. The minimum absolute atomic E-state index is 0.0760. The van der Waals surface area contributed by atoms with Gasteiger partial charge in [0.05, 0.1) is 7.11 Å². The second kappa shape index (κ2) is 6.84. The highest BCUT2D eigenvalue weighted by Crippen LogP contribution is 2.17. The molecule has 1 aromatic carbocycles. The molecule has 1 aromatic rings. The quantitative estimate of drug-likeness (QED) is 0.865. The van der Waals surface area contributed by atoms with Gasteiger partial charge in [-0.2, -0.15) is 0 Å². The Morgan fingerprint density at radius 2 is 2.11 bits per heavy atom. The molecule has 3 heteroatoms. The first-order valence-corrected chi connectivity index (χ1v) is 6.27. The molecule has 0 unspecified atom stereocenters. The van der Waals surface area contributed by atoms with Crippen molar-refractivity contribution in [2.24, 2.45) is 0 Å². The minimum atomic E-state index is -0.0760. The number of benzene rings is 1. The van der Waals surface area contributed by atoms with Crippen molar-refractivity contribution in [2.45, 2.75) is 33.6 Å². The summed E-state index contributed by atoms with van der Waals surface area (Å²) in [5, 5.41) is 2.94. The lowest BCUT2D eigenvalue weighted by molar-refractivity contribution is 0.0963. The molecule has 0 aliphatic rings. The molecule has 0 spiro atoms. The van der Waals surface area contributed by atoms with Gasteiger partial charge in [0, 0.05) is 11.3 Å². The summed E-state index contributed by atoms with van der Waals surface area (Å²) in [7, 11) is 1.60. The maximum Gasteiger partial charge on any atom is 0.255 e. The van der Waals surface area contributed by atoms with Crippen LogP contribution in [0.3, 0.4) is 0 Å². The normalized spacial score (nSPS) is 11.2. The van der Waals surface area contributed by atoms with Gasteiger partial charge in [0.15, 0.2) is 0 Å². The number of allylic oxidation sites excluding steroid dienone is 2. The van der Waals surface area contributed by atoms with Gasteiger partial charge in [0.25, 0.3) is 5.91 Å². The Morgan fingerprint density at radius 1 is 1.39 bits per heavy atom. The van der Waals surface area contributed by atoms with Gasteiger partial charge in [-0.15, -0.1) is 0 Å². The topological polar surface area (TPSA) is 38.3 Å². The van der Waals surface area contributed by atoms with Crippen LogP contribution in [0.5, 0.6) is 5.75 Å². The summed E-state index contributed by atoms with van der Waals surface area (Å²) >= 11 is 0. The van der Waals surface area contributed by atoms with Crippen LogP contribution < -0.4 is 10.1 Å². The highest BCUT2D eigenvalue weighted by molar-refractivity contribution is 5.97. The Bertz CT molecular complexity index is 450. The maximum absolute atomic E-state index is 12.2. The van der Waals surface area contributed by atoms with E-state index in [-0.39, 0.29) is 5.91 Å². The van der Waals surface area contributed by atoms with E-state index in [0.717, 1.165) is 24.1 Å². The number of amides is 1. The Morgan fingerprint density at radius 3 is 2.67 bits per heavy atom. The smallest absolute Gasteiger partial charge is 0.255 e. The van der Waals surface area contributed by atoms with Crippen molar-refractivity contribution >= 4 is 5.91 Å². The molecular weight excluding hydrogens is 226 g/mol. The average Bonchev–Trinajstić information content (AvgIpc) is 2.38. The lowest BCUT2D eigenvalue weighted by Crippen LogP contribution is -2.23. The van der Waals surface area contributed by atoms with E-state index in [1.807, 2.05) is 32.1 Å². The van der Waals surface area contributed by atoms with Crippen LogP contribution in [-0.4, -0.2) is 13.0 Å². The molecule has 0 saturated carbocycles. The van der Waals surface area contributed by atoms with Crippen molar-refractivity contribution in [3.63, 3.8) is 0 Å². The molecule has 1 amide bonds. The summed E-state index contributed by atoms with van der Waals surface area (Å²) in [5.41, 5.74) is 2.56. The Labute approximate surface area is 109 Å². The zero-order valence-electron chi connectivity index (χ0n) is 11.5. The van der Waals surface area contributed by atoms with Crippen LogP contribution in [0.25, 0.3) is 0 Å². The number of carbonyl (C=O) groups is 1. The number of carbonyl (C=O) groups excluding carboxylic acids is 1. The van der Waals surface area contributed by atoms with Crippen molar-refractivity contribution in [3.05, 3.63) is 41.1 Å². The fourth-order valence-corrected chi connectivity index (χ4v) is 1.72. The van der Waals surface area contributed by atoms with Gasteiger partial charge in [-0.05, 0) is 37.5 Å². The van der Waals surface area contributed by atoms with Crippen molar-refractivity contribution in [1.82, 2.24) is 5.32 Å². The van der Waals surface area contributed by atoms with Crippen LogP contribution in [0.4, 0.5) is 0 Å². The predicted molar refractivity (Wildman–Crippen MR) is 73.9 cm³/mol. The van der Waals surface area contributed by atoms with Crippen LogP contribution in [0.2, 0.25) is 0 Å². The minimum Gasteiger partial charge on any atom is -0.497 e. The summed E-state index contributed by atoms with van der Waals surface area (Å²) in [6.07, 6.45) is 3.77. The molecule has 0 bridgehead atoms. The van der Waals surface area contributed by atoms with E-state index in [4.69, 9.17) is 4.74 Å². The first kappa shape index (κ1) is 14.3. The molecule has 0 aromatic heterocycles. The Balaban J connectivity index is 2.93. The molecule has 3 nitrogen and oxygen atoms in total. The molecule has 0 saturated heterocycles. The second-order valence-electron chi connectivity index (χ2n) is 4.13. The van der Waals surface area contributed by atoms with Gasteiger partial charge < -0.3 is 10.1 Å². The predicted octanol–water partition coefficient (Wildman–Crippen LogP) is 3.44. The van der Waals surface area contributed by atoms with Gasteiger partial charge in [-0.25, -0.2) is 0 Å². The first-order chi connectivity index (χ1) is 8.62. The van der Waals surface area contributed by atoms with E-state index in [1.54, 1.807) is 13.2 Å². The summed E-state index contributed by atoms with van der Waals surface area (Å²) in [5.74, 6) is 0.621. The van der Waals surface area contributed by atoms with Crippen molar-refractivity contribution in [2.75, 3.05) is 7.11 Å². The highest BCUT2D eigenvalue weighted by Gasteiger charge is 2.11. The van der Waals surface area contributed by atoms with E-state index >= 15 is 0 Å². The number of rotatable bonds is 5. The highest BCUT2D eigenvalue weighted by atomic mass is 16.5. The Kier molecular flexibility index (Phi) is 5.43. The molecule has 1 rings (SSSR count). The third-order valence-electron chi connectivity index (χ3n) is 2.79. The van der Waals surface area contributed by atoms with Crippen molar-refractivity contribution in [3.8, 4) is 5.75 Å². The maximum atomic E-state index is 12.2. The third-order valence-corrected chi connectivity index (χ3v) is 2.79. The SMILES string of the molecule is CC/C=C(\CC)NC(=O)c1cc(OC)ccc1C. The van der Waals surface area contributed by atoms with Crippen LogP contribution in [0.1, 0.15) is 42.6 Å². The second-order valence-corrected chi connectivity index (χ2v) is 4.13. The van der Waals surface area contributed by atoms with Gasteiger partial charge >= 0.3 is 0 Å². The molecular formula is C15H21NO2. The summed E-state index contributed by atoms with van der Waals surface area (Å²) in [4.78, 5) is 12.2. The molecule has 18 heavy (non-hydrogen) atoms. The number of ether oxygens (including phenoxy) is 1. The van der Waals surface area contributed by atoms with Crippen LogP contribution in [0, 0.1) is 6.92 Å². The van der Waals surface area contributed by atoms with Gasteiger partial charge in [-0.1, -0.05) is 26.0 Å². The first-order valence-electron chi connectivity index (χ1n) is 6.27. The van der Waals surface area contributed by atoms with Gasteiger partial charge in [0.1, 0.15) is 5.75 Å². The van der Waals surface area contributed by atoms with E-state index in [9.17, 15) is 4.79 Å². The summed E-state index contributed by atoms with van der Waals surface area (Å²) < 4.78 is 5.14. The molecule has 0 radical (unpaired) electrons. The summed E-state index contributed by atoms with van der Waals surface area (Å²) in [6.45, 7) is 6.00. The fourth-order valence-electron chi connectivity index (χ4n) is 1.72. The van der Waals surface area contributed by atoms with Gasteiger partial charge in [-0.3, -0.25) is 4.79 Å². The lowest BCUT2D eigenvalue weighted by atomic mass is 10.1. The van der Waals surface area contributed by atoms with Gasteiger partial charge in [0.2, 0.25) is 0 Å². The molecule has 1 N–H and O–H groups in total. The van der Waals surface area contributed by atoms with E-state index < -0.39 is 0 Å². The number of hydrogen-bond acceptors (Lipinski definition) is 2. The zero-order valence-corrected chi connectivity index (χ0v) is 11.5. The van der Waals surface area contributed by atoms with Crippen LogP contribution in [-0.2, 0) is 0 Å². The van der Waals surface area contributed by atoms with Crippen LogP contribution >= 0.6 is 0 Å². The lowest BCUT2D eigenvalue weighted by Gasteiger charge is -2.11. The monoisotopic (exact) mass is 247 g/mol. The van der Waals surface area contributed by atoms with Crippen LogP contribution in [0.15, 0.2) is 30.0 Å². The zero-order chi connectivity index (χ0) is 13.5. The summed E-state index contributed by atoms with van der Waals surface area (Å²) in [6, 6.07) is 5.52. The number of hydrogen-bond donors (Lipinski definition) is 1. The Hall–Kier alpha value is -1.77. The molecule has 0 fully saturated rings. The van der Waals surface area contributed by atoms with E-state index in [1.165, 1.54) is 0 Å². The molecule has 98 valence electrons. The number of methoxy groups -OCH3 is 1. The standard InChI is InChI=1S/C15H21NO2/c1-5-7-12(6-2)16-15(17)14-10-13(18-4)9-8-11(14)3/h7-10H,5-6H2,1-4H3,(H,16,17)/b12-7+. The van der Waals surface area contributed by atoms with E-state index in [0.29, 0.717) is 11.3 Å². The van der Waals surface area contributed by atoms with Crippen molar-refractivity contribution in [1.29, 1.82) is 0 Å². The molecule has 0 aliphatic heterocycles.